The summed E-state index contributed by atoms with van der Waals surface area (Å²) in [6.07, 6.45) is 0. The fourth-order valence-electron chi connectivity index (χ4n) is 2.46. The molecule has 0 unspecified atom stereocenters. The van der Waals surface area contributed by atoms with Gasteiger partial charge in [0.15, 0.2) is 11.5 Å². The molecule has 0 aromatic heterocycles. The maximum absolute atomic E-state index is 12.1. The minimum Gasteiger partial charge on any atom is -0.486 e. The second kappa shape index (κ2) is 7.62. The number of benzene rings is 2. The predicted molar refractivity (Wildman–Crippen MR) is 95.9 cm³/mol. The Morgan fingerprint density at radius 3 is 2.71 bits per heavy atom. The third-order valence-electron chi connectivity index (χ3n) is 3.80. The summed E-state index contributed by atoms with van der Waals surface area (Å²) in [6, 6.07) is 12.1. The summed E-state index contributed by atoms with van der Waals surface area (Å²) in [7, 11) is 0. The number of carbonyl (C=O) groups excluding carboxylic acids is 1. The van der Waals surface area contributed by atoms with Crippen molar-refractivity contribution in [2.75, 3.05) is 19.0 Å². The highest BCUT2D eigenvalue weighted by Crippen LogP contribution is 2.30. The normalized spacial score (nSPS) is 12.8. The fourth-order valence-corrected chi connectivity index (χ4v) is 3.41. The van der Waals surface area contributed by atoms with Gasteiger partial charge in [0.1, 0.15) is 13.2 Å². The highest BCUT2D eigenvalue weighted by atomic mass is 32.2. The van der Waals surface area contributed by atoms with Crippen LogP contribution in [0.25, 0.3) is 0 Å². The largest absolute Gasteiger partial charge is 0.486 e. The van der Waals surface area contributed by atoms with E-state index in [4.69, 9.17) is 9.47 Å². The summed E-state index contributed by atoms with van der Waals surface area (Å²) in [5, 5.41) is 2.95. The molecule has 0 spiro atoms. The van der Waals surface area contributed by atoms with Crippen LogP contribution >= 0.6 is 11.8 Å². The summed E-state index contributed by atoms with van der Waals surface area (Å²) in [5.74, 6) is 1.95. The minimum absolute atomic E-state index is 0.0239. The molecule has 126 valence electrons. The van der Waals surface area contributed by atoms with Gasteiger partial charge >= 0.3 is 0 Å². The van der Waals surface area contributed by atoms with Crippen molar-refractivity contribution in [1.82, 2.24) is 5.32 Å². The second-order valence-corrected chi connectivity index (χ2v) is 6.83. The molecule has 1 heterocycles. The Morgan fingerprint density at radius 1 is 1.08 bits per heavy atom. The summed E-state index contributed by atoms with van der Waals surface area (Å²) in [6.45, 7) is 5.76. The molecule has 0 atom stereocenters. The average Bonchev–Trinajstić information content (AvgIpc) is 2.60. The molecule has 1 amide bonds. The molecule has 0 saturated carbocycles. The van der Waals surface area contributed by atoms with Crippen LogP contribution in [-0.2, 0) is 11.3 Å². The number of amides is 1. The quantitative estimate of drug-likeness (QED) is 0.845. The average molecular weight is 343 g/mol. The molecule has 0 radical (unpaired) electrons. The van der Waals surface area contributed by atoms with Gasteiger partial charge in [0.25, 0.3) is 0 Å². The number of aryl methyl sites for hydroxylation is 2. The number of ether oxygens (including phenoxy) is 2. The van der Waals surface area contributed by atoms with Crippen LogP contribution in [0.1, 0.15) is 16.7 Å². The van der Waals surface area contributed by atoms with Gasteiger partial charge in [0, 0.05) is 11.4 Å². The molecule has 0 fully saturated rings. The molecular weight excluding hydrogens is 322 g/mol. The number of thioether (sulfide) groups is 1. The molecule has 1 aliphatic rings. The minimum atomic E-state index is 0.0239. The molecule has 3 rings (SSSR count). The Hall–Kier alpha value is -2.14. The molecule has 2 aromatic carbocycles. The third-order valence-corrected chi connectivity index (χ3v) is 4.96. The molecule has 0 saturated heterocycles. The van der Waals surface area contributed by atoms with E-state index in [1.165, 1.54) is 11.1 Å². The van der Waals surface area contributed by atoms with E-state index in [2.05, 4.69) is 37.4 Å². The van der Waals surface area contributed by atoms with Crippen LogP contribution in [-0.4, -0.2) is 24.9 Å². The van der Waals surface area contributed by atoms with Crippen molar-refractivity contribution in [2.24, 2.45) is 0 Å². The van der Waals surface area contributed by atoms with Crippen molar-refractivity contribution < 1.29 is 14.3 Å². The molecule has 5 heteroatoms. The Balaban J connectivity index is 1.51. The predicted octanol–water partition coefficient (Wildman–Crippen LogP) is 3.48. The number of carbonyl (C=O) groups is 1. The molecular formula is C19H21NO3S. The highest BCUT2D eigenvalue weighted by molar-refractivity contribution is 8.00. The van der Waals surface area contributed by atoms with Crippen LogP contribution in [0, 0.1) is 13.8 Å². The van der Waals surface area contributed by atoms with Gasteiger partial charge in [-0.25, -0.2) is 0 Å². The van der Waals surface area contributed by atoms with Crippen molar-refractivity contribution in [3.8, 4) is 11.5 Å². The first kappa shape index (κ1) is 16.7. The zero-order valence-electron chi connectivity index (χ0n) is 13.9. The Kier molecular flexibility index (Phi) is 5.30. The van der Waals surface area contributed by atoms with Crippen molar-refractivity contribution in [2.45, 2.75) is 25.3 Å². The van der Waals surface area contributed by atoms with Crippen LogP contribution in [0.3, 0.4) is 0 Å². The van der Waals surface area contributed by atoms with Gasteiger partial charge in [-0.2, -0.15) is 0 Å². The number of fused-ring (bicyclic) bond motifs is 1. The Morgan fingerprint density at radius 2 is 1.88 bits per heavy atom. The molecule has 4 nitrogen and oxygen atoms in total. The van der Waals surface area contributed by atoms with Gasteiger partial charge in [-0.3, -0.25) is 4.79 Å². The maximum atomic E-state index is 12.1. The lowest BCUT2D eigenvalue weighted by Gasteiger charge is -2.19. The van der Waals surface area contributed by atoms with Crippen molar-refractivity contribution >= 4 is 17.7 Å². The van der Waals surface area contributed by atoms with E-state index >= 15 is 0 Å². The van der Waals surface area contributed by atoms with E-state index in [-0.39, 0.29) is 5.91 Å². The summed E-state index contributed by atoms with van der Waals surface area (Å²) < 4.78 is 11.1. The number of hydrogen-bond acceptors (Lipinski definition) is 4. The van der Waals surface area contributed by atoms with E-state index < -0.39 is 0 Å². The van der Waals surface area contributed by atoms with Crippen molar-refractivity contribution in [3.63, 3.8) is 0 Å². The molecule has 24 heavy (non-hydrogen) atoms. The SMILES string of the molecule is Cc1ccc(C)c(SCC(=O)NCc2ccc3c(c2)OCCO3)c1. The zero-order valence-corrected chi connectivity index (χ0v) is 14.7. The summed E-state index contributed by atoms with van der Waals surface area (Å²) in [5.41, 5.74) is 3.41. The third kappa shape index (κ3) is 4.23. The first-order valence-corrected chi connectivity index (χ1v) is 8.95. The lowest BCUT2D eigenvalue weighted by molar-refractivity contribution is -0.118. The van der Waals surface area contributed by atoms with E-state index in [0.717, 1.165) is 22.0 Å². The van der Waals surface area contributed by atoms with Crippen LogP contribution in [0.5, 0.6) is 11.5 Å². The number of rotatable bonds is 5. The summed E-state index contributed by atoms with van der Waals surface area (Å²) in [4.78, 5) is 13.2. The van der Waals surface area contributed by atoms with Crippen molar-refractivity contribution in [3.05, 3.63) is 53.1 Å². The van der Waals surface area contributed by atoms with E-state index in [1.54, 1.807) is 11.8 Å². The van der Waals surface area contributed by atoms with Crippen LogP contribution in [0.2, 0.25) is 0 Å². The zero-order chi connectivity index (χ0) is 16.9. The fraction of sp³-hybridized carbons (Fsp3) is 0.316. The molecule has 1 aliphatic heterocycles. The van der Waals surface area contributed by atoms with Gasteiger partial charge in [0.05, 0.1) is 5.75 Å². The van der Waals surface area contributed by atoms with Crippen LogP contribution < -0.4 is 14.8 Å². The van der Waals surface area contributed by atoms with E-state index in [0.29, 0.717) is 25.5 Å². The topological polar surface area (TPSA) is 47.6 Å². The van der Waals surface area contributed by atoms with Crippen molar-refractivity contribution in [1.29, 1.82) is 0 Å². The first-order valence-electron chi connectivity index (χ1n) is 7.97. The molecule has 2 aromatic rings. The van der Waals surface area contributed by atoms with Gasteiger partial charge in [-0.05, 0) is 43.2 Å². The Bertz CT molecular complexity index is 745. The Labute approximate surface area is 146 Å². The lowest BCUT2D eigenvalue weighted by Crippen LogP contribution is -2.24. The standard InChI is InChI=1S/C19H21NO3S/c1-13-3-4-14(2)18(9-13)24-12-19(21)20-11-15-5-6-16-17(10-15)23-8-7-22-16/h3-6,9-10H,7-8,11-12H2,1-2H3,(H,20,21). The maximum Gasteiger partial charge on any atom is 0.230 e. The van der Waals surface area contributed by atoms with Gasteiger partial charge in [0.2, 0.25) is 5.91 Å². The first-order chi connectivity index (χ1) is 11.6. The van der Waals surface area contributed by atoms with E-state index in [1.807, 2.05) is 18.2 Å². The van der Waals surface area contributed by atoms with Gasteiger partial charge in [-0.1, -0.05) is 23.8 Å². The van der Waals surface area contributed by atoms with Crippen LogP contribution in [0.4, 0.5) is 0 Å². The highest BCUT2D eigenvalue weighted by Gasteiger charge is 2.12. The number of hydrogen-bond donors (Lipinski definition) is 1. The smallest absolute Gasteiger partial charge is 0.230 e. The number of nitrogens with one attached hydrogen (secondary N) is 1. The monoisotopic (exact) mass is 343 g/mol. The van der Waals surface area contributed by atoms with Gasteiger partial charge < -0.3 is 14.8 Å². The van der Waals surface area contributed by atoms with E-state index in [9.17, 15) is 4.79 Å². The van der Waals surface area contributed by atoms with Gasteiger partial charge in [-0.15, -0.1) is 11.8 Å². The molecule has 0 aliphatic carbocycles. The van der Waals surface area contributed by atoms with Crippen LogP contribution in [0.15, 0.2) is 41.3 Å². The molecule has 0 bridgehead atoms. The second-order valence-electron chi connectivity index (χ2n) is 5.81. The summed E-state index contributed by atoms with van der Waals surface area (Å²) >= 11 is 1.57. The lowest BCUT2D eigenvalue weighted by atomic mass is 10.2. The molecule has 1 N–H and O–H groups in total.